The molecule has 4 nitrogen and oxygen atoms in total. The first-order valence-electron chi connectivity index (χ1n) is 8.15. The number of nitrogens with one attached hydrogen (secondary N) is 1. The van der Waals surface area contributed by atoms with Crippen molar-refractivity contribution in [1.82, 2.24) is 9.88 Å². The number of fused-ring (bicyclic) bond motifs is 1. The average Bonchev–Trinajstić information content (AvgIpc) is 2.88. The molecule has 122 valence electrons. The van der Waals surface area contributed by atoms with E-state index in [2.05, 4.69) is 39.5 Å². The smallest absolute Gasteiger partial charge is 0.226 e. The summed E-state index contributed by atoms with van der Waals surface area (Å²) in [6.45, 7) is 7.00. The number of amides is 1. The van der Waals surface area contributed by atoms with Gasteiger partial charge in [0.15, 0.2) is 5.13 Å². The molecule has 1 aliphatic heterocycles. The molecular weight excluding hydrogens is 306 g/mol. The Morgan fingerprint density at radius 3 is 2.87 bits per heavy atom. The highest BCUT2D eigenvalue weighted by Crippen LogP contribution is 2.29. The summed E-state index contributed by atoms with van der Waals surface area (Å²) in [5.41, 5.74) is 2.49. The van der Waals surface area contributed by atoms with Crippen LogP contribution in [0.1, 0.15) is 36.4 Å². The van der Waals surface area contributed by atoms with Crippen LogP contribution < -0.4 is 5.32 Å². The minimum atomic E-state index is 0.0623. The average molecular weight is 329 g/mol. The van der Waals surface area contributed by atoms with E-state index < -0.39 is 0 Å². The number of aromatic nitrogens is 1. The van der Waals surface area contributed by atoms with Gasteiger partial charge >= 0.3 is 0 Å². The van der Waals surface area contributed by atoms with Crippen LogP contribution in [0.3, 0.4) is 0 Å². The van der Waals surface area contributed by atoms with Gasteiger partial charge in [0, 0.05) is 37.4 Å². The largest absolute Gasteiger partial charge is 0.302 e. The molecule has 0 aliphatic carbocycles. The third-order valence-electron chi connectivity index (χ3n) is 3.90. The highest BCUT2D eigenvalue weighted by molar-refractivity contribution is 7.15. The summed E-state index contributed by atoms with van der Waals surface area (Å²) in [4.78, 5) is 20.2. The third-order valence-corrected chi connectivity index (χ3v) is 4.90. The Labute approximate surface area is 141 Å². The van der Waals surface area contributed by atoms with Crippen molar-refractivity contribution in [3.8, 4) is 0 Å². The van der Waals surface area contributed by atoms with E-state index in [1.54, 1.807) is 11.3 Å². The predicted molar refractivity (Wildman–Crippen MR) is 94.5 cm³/mol. The van der Waals surface area contributed by atoms with Gasteiger partial charge in [0.2, 0.25) is 5.91 Å². The Kier molecular flexibility index (Phi) is 5.08. The molecule has 0 radical (unpaired) electrons. The van der Waals surface area contributed by atoms with Crippen molar-refractivity contribution in [2.75, 3.05) is 11.9 Å². The van der Waals surface area contributed by atoms with E-state index in [0.29, 0.717) is 12.3 Å². The van der Waals surface area contributed by atoms with Crippen molar-refractivity contribution in [3.63, 3.8) is 0 Å². The Bertz CT molecular complexity index is 666. The zero-order valence-corrected chi connectivity index (χ0v) is 14.5. The van der Waals surface area contributed by atoms with Gasteiger partial charge in [0.25, 0.3) is 0 Å². The number of anilines is 1. The molecule has 0 saturated carbocycles. The van der Waals surface area contributed by atoms with E-state index in [0.717, 1.165) is 36.9 Å². The van der Waals surface area contributed by atoms with Crippen LogP contribution in [0.4, 0.5) is 5.13 Å². The molecule has 0 unspecified atom stereocenters. The summed E-state index contributed by atoms with van der Waals surface area (Å²) in [5, 5.41) is 3.70. The van der Waals surface area contributed by atoms with Crippen molar-refractivity contribution in [2.24, 2.45) is 5.92 Å². The molecule has 0 spiro atoms. The second-order valence-corrected chi connectivity index (χ2v) is 7.56. The van der Waals surface area contributed by atoms with Crippen LogP contribution in [-0.4, -0.2) is 22.3 Å². The second-order valence-electron chi connectivity index (χ2n) is 6.48. The van der Waals surface area contributed by atoms with Crippen molar-refractivity contribution in [3.05, 3.63) is 46.5 Å². The highest BCUT2D eigenvalue weighted by Gasteiger charge is 2.21. The molecule has 0 saturated heterocycles. The van der Waals surface area contributed by atoms with Crippen molar-refractivity contribution in [1.29, 1.82) is 0 Å². The highest BCUT2D eigenvalue weighted by atomic mass is 32.1. The van der Waals surface area contributed by atoms with E-state index in [9.17, 15) is 4.79 Å². The fourth-order valence-corrected chi connectivity index (χ4v) is 3.89. The lowest BCUT2D eigenvalue weighted by atomic mass is 10.1. The van der Waals surface area contributed by atoms with E-state index in [1.165, 1.54) is 10.4 Å². The molecule has 3 rings (SSSR count). The first kappa shape index (κ1) is 16.1. The fourth-order valence-electron chi connectivity index (χ4n) is 2.82. The molecular formula is C18H23N3OS. The number of hydrogen-bond acceptors (Lipinski definition) is 4. The summed E-state index contributed by atoms with van der Waals surface area (Å²) in [7, 11) is 0. The predicted octanol–water partition coefficient (Wildman–Crippen LogP) is 3.69. The molecule has 1 amide bonds. The van der Waals surface area contributed by atoms with Gasteiger partial charge in [-0.3, -0.25) is 9.69 Å². The van der Waals surface area contributed by atoms with Gasteiger partial charge in [-0.1, -0.05) is 44.2 Å². The molecule has 1 aromatic carbocycles. The normalized spacial score (nSPS) is 14.7. The van der Waals surface area contributed by atoms with Crippen LogP contribution in [0.5, 0.6) is 0 Å². The lowest BCUT2D eigenvalue weighted by Gasteiger charge is -2.25. The first-order valence-corrected chi connectivity index (χ1v) is 8.96. The second kappa shape index (κ2) is 7.23. The van der Waals surface area contributed by atoms with Crippen LogP contribution in [-0.2, 0) is 24.3 Å². The van der Waals surface area contributed by atoms with Crippen LogP contribution in [0.2, 0.25) is 0 Å². The molecule has 0 atom stereocenters. The Hall–Kier alpha value is -1.72. The molecule has 0 fully saturated rings. The van der Waals surface area contributed by atoms with Gasteiger partial charge in [-0.25, -0.2) is 4.98 Å². The van der Waals surface area contributed by atoms with Crippen molar-refractivity contribution in [2.45, 2.75) is 39.8 Å². The topological polar surface area (TPSA) is 45.2 Å². The lowest BCUT2D eigenvalue weighted by Crippen LogP contribution is -2.29. The minimum Gasteiger partial charge on any atom is -0.302 e. The van der Waals surface area contributed by atoms with Crippen LogP contribution in [0.25, 0.3) is 0 Å². The summed E-state index contributed by atoms with van der Waals surface area (Å²) in [6.07, 6.45) is 1.50. The van der Waals surface area contributed by atoms with Crippen LogP contribution in [0.15, 0.2) is 30.3 Å². The summed E-state index contributed by atoms with van der Waals surface area (Å²) in [5.74, 6) is 0.429. The first-order chi connectivity index (χ1) is 11.1. The van der Waals surface area contributed by atoms with Gasteiger partial charge in [0.05, 0.1) is 5.69 Å². The van der Waals surface area contributed by atoms with Crippen LogP contribution in [0, 0.1) is 5.92 Å². The zero-order valence-electron chi connectivity index (χ0n) is 13.7. The van der Waals surface area contributed by atoms with Gasteiger partial charge in [-0.2, -0.15) is 0 Å². The Balaban J connectivity index is 1.61. The molecule has 0 bridgehead atoms. The van der Waals surface area contributed by atoms with E-state index in [1.807, 2.05) is 19.9 Å². The molecule has 2 aromatic rings. The van der Waals surface area contributed by atoms with E-state index >= 15 is 0 Å². The van der Waals surface area contributed by atoms with Crippen molar-refractivity contribution >= 4 is 22.4 Å². The molecule has 1 aliphatic rings. The fraction of sp³-hybridized carbons (Fsp3) is 0.444. The number of benzene rings is 1. The summed E-state index contributed by atoms with van der Waals surface area (Å²) >= 11 is 1.62. The number of hydrogen-bond donors (Lipinski definition) is 1. The number of nitrogens with zero attached hydrogens (tertiary/aromatic N) is 2. The minimum absolute atomic E-state index is 0.0623. The van der Waals surface area contributed by atoms with Gasteiger partial charge in [0.1, 0.15) is 0 Å². The SMILES string of the molecule is CC(C)CC(=O)Nc1nc2c(s1)CN(Cc1ccccc1)CC2. The zero-order chi connectivity index (χ0) is 16.2. The number of carbonyl (C=O) groups excluding carboxylic acids is 1. The van der Waals surface area contributed by atoms with Gasteiger partial charge in [-0.05, 0) is 11.5 Å². The maximum atomic E-state index is 11.9. The van der Waals surface area contributed by atoms with Crippen LogP contribution >= 0.6 is 11.3 Å². The quantitative estimate of drug-likeness (QED) is 0.910. The molecule has 5 heteroatoms. The maximum absolute atomic E-state index is 11.9. The summed E-state index contributed by atoms with van der Waals surface area (Å²) in [6, 6.07) is 10.5. The standard InChI is InChI=1S/C18H23N3OS/c1-13(2)10-17(22)20-18-19-15-8-9-21(12-16(15)23-18)11-14-6-4-3-5-7-14/h3-7,13H,8-12H2,1-2H3,(H,19,20,22). The van der Waals surface area contributed by atoms with E-state index in [-0.39, 0.29) is 5.91 Å². The Morgan fingerprint density at radius 2 is 2.13 bits per heavy atom. The maximum Gasteiger partial charge on any atom is 0.226 e. The third kappa shape index (κ3) is 4.39. The number of carbonyl (C=O) groups is 1. The van der Waals surface area contributed by atoms with Gasteiger partial charge in [-0.15, -0.1) is 11.3 Å². The Morgan fingerprint density at radius 1 is 1.35 bits per heavy atom. The molecule has 23 heavy (non-hydrogen) atoms. The number of thiazole rings is 1. The van der Waals surface area contributed by atoms with Gasteiger partial charge < -0.3 is 5.32 Å². The molecule has 1 N–H and O–H groups in total. The number of rotatable bonds is 5. The molecule has 1 aromatic heterocycles. The molecule has 2 heterocycles. The van der Waals surface area contributed by atoms with Crippen molar-refractivity contribution < 1.29 is 4.79 Å². The van der Waals surface area contributed by atoms with E-state index in [4.69, 9.17) is 0 Å². The summed E-state index contributed by atoms with van der Waals surface area (Å²) < 4.78 is 0. The lowest BCUT2D eigenvalue weighted by molar-refractivity contribution is -0.116. The monoisotopic (exact) mass is 329 g/mol.